The monoisotopic (exact) mass is 434 g/mol. The number of amides is 3. The smallest absolute Gasteiger partial charge is 0.325 e. The lowest BCUT2D eigenvalue weighted by atomic mass is 10.1. The van der Waals surface area contributed by atoms with Crippen LogP contribution in [0.1, 0.15) is 17.5 Å². The Balaban J connectivity index is 1.47. The minimum Gasteiger partial charge on any atom is -0.497 e. The van der Waals surface area contributed by atoms with Crippen LogP contribution in [0.4, 0.5) is 4.79 Å². The highest BCUT2D eigenvalue weighted by molar-refractivity contribution is 6.03. The number of aliphatic imine (C=N–C) groups is 1. The third kappa shape index (κ3) is 4.56. The highest BCUT2D eigenvalue weighted by Crippen LogP contribution is 2.24. The van der Waals surface area contributed by atoms with Crippen molar-refractivity contribution in [3.8, 4) is 5.75 Å². The Hall–Kier alpha value is -3.88. The maximum absolute atomic E-state index is 12.6. The number of carbonyl (C=O) groups excluding carboxylic acids is 2. The van der Waals surface area contributed by atoms with Crippen LogP contribution in [0.5, 0.6) is 5.75 Å². The number of fused-ring (bicyclic) bond motifs is 1. The van der Waals surface area contributed by atoms with Gasteiger partial charge in [0.05, 0.1) is 13.3 Å². The first-order chi connectivity index (χ1) is 15.6. The van der Waals surface area contributed by atoms with Crippen LogP contribution in [-0.2, 0) is 11.2 Å². The molecule has 9 heteroatoms. The van der Waals surface area contributed by atoms with Gasteiger partial charge in [-0.3, -0.25) is 10.1 Å². The maximum atomic E-state index is 12.6. The number of nitrogens with one attached hydrogen (secondary N) is 2. The quantitative estimate of drug-likeness (QED) is 0.512. The molecule has 1 fully saturated rings. The molecule has 2 N–H and O–H groups in total. The third-order valence-corrected chi connectivity index (χ3v) is 5.56. The van der Waals surface area contributed by atoms with Crippen molar-refractivity contribution >= 4 is 24.1 Å². The van der Waals surface area contributed by atoms with Gasteiger partial charge in [0.15, 0.2) is 12.2 Å². The van der Waals surface area contributed by atoms with Crippen molar-refractivity contribution in [2.24, 2.45) is 10.1 Å². The molecule has 0 aliphatic carbocycles. The van der Waals surface area contributed by atoms with Gasteiger partial charge in [0.25, 0.3) is 5.91 Å². The summed E-state index contributed by atoms with van der Waals surface area (Å²) in [4.78, 5) is 32.6. The largest absolute Gasteiger partial charge is 0.497 e. The molecule has 166 valence electrons. The van der Waals surface area contributed by atoms with Gasteiger partial charge < -0.3 is 14.5 Å². The first-order valence-corrected chi connectivity index (χ1v) is 10.5. The van der Waals surface area contributed by atoms with E-state index in [0.717, 1.165) is 24.2 Å². The number of hydrogen-bond acceptors (Lipinski definition) is 7. The summed E-state index contributed by atoms with van der Waals surface area (Å²) in [5, 5.41) is 6.71. The van der Waals surface area contributed by atoms with Gasteiger partial charge in [0.2, 0.25) is 5.96 Å². The van der Waals surface area contributed by atoms with E-state index in [4.69, 9.17) is 4.74 Å². The molecule has 2 unspecified atom stereocenters. The van der Waals surface area contributed by atoms with Gasteiger partial charge in [0, 0.05) is 13.6 Å². The van der Waals surface area contributed by atoms with Crippen LogP contribution in [0.15, 0.2) is 64.7 Å². The zero-order valence-electron chi connectivity index (χ0n) is 18.1. The number of guanidine groups is 1. The van der Waals surface area contributed by atoms with E-state index in [1.807, 2.05) is 47.4 Å². The maximum Gasteiger partial charge on any atom is 0.325 e. The van der Waals surface area contributed by atoms with Crippen LogP contribution in [0.3, 0.4) is 0 Å². The van der Waals surface area contributed by atoms with Crippen LogP contribution < -0.4 is 15.5 Å². The Morgan fingerprint density at radius 2 is 1.91 bits per heavy atom. The number of carbonyl (C=O) groups is 2. The molecule has 3 amide bonds. The zero-order chi connectivity index (χ0) is 22.5. The van der Waals surface area contributed by atoms with E-state index in [2.05, 4.69) is 33.0 Å². The number of imide groups is 1. The van der Waals surface area contributed by atoms with Crippen molar-refractivity contribution in [2.75, 3.05) is 20.7 Å². The Morgan fingerprint density at radius 1 is 1.16 bits per heavy atom. The molecular formula is C23H26N6O3. The summed E-state index contributed by atoms with van der Waals surface area (Å²) >= 11 is 0. The van der Waals surface area contributed by atoms with Crippen molar-refractivity contribution in [3.05, 3.63) is 65.7 Å². The lowest BCUT2D eigenvalue weighted by Crippen LogP contribution is -2.64. The molecule has 9 nitrogen and oxygen atoms in total. The fourth-order valence-corrected chi connectivity index (χ4v) is 3.82. The number of nitrogens with zero attached hydrogens (tertiary/aromatic N) is 4. The van der Waals surface area contributed by atoms with E-state index >= 15 is 0 Å². The van der Waals surface area contributed by atoms with E-state index in [-0.39, 0.29) is 5.91 Å². The van der Waals surface area contributed by atoms with E-state index in [1.165, 1.54) is 10.5 Å². The number of hydrazone groups is 1. The molecule has 0 saturated carbocycles. The summed E-state index contributed by atoms with van der Waals surface area (Å²) < 4.78 is 5.17. The summed E-state index contributed by atoms with van der Waals surface area (Å²) in [7, 11) is 3.25. The first-order valence-electron chi connectivity index (χ1n) is 10.5. The molecule has 2 atom stereocenters. The normalized spacial score (nSPS) is 20.2. The topological polar surface area (TPSA) is 98.6 Å². The second-order valence-electron chi connectivity index (χ2n) is 7.64. The molecule has 0 spiro atoms. The van der Waals surface area contributed by atoms with Crippen molar-refractivity contribution in [2.45, 2.75) is 25.0 Å². The van der Waals surface area contributed by atoms with Gasteiger partial charge in [-0.25, -0.2) is 15.2 Å². The van der Waals surface area contributed by atoms with Crippen LogP contribution in [0.2, 0.25) is 0 Å². The highest BCUT2D eigenvalue weighted by atomic mass is 16.5. The van der Waals surface area contributed by atoms with Crippen molar-refractivity contribution in [1.82, 2.24) is 20.5 Å². The van der Waals surface area contributed by atoms with Crippen LogP contribution in [0, 0.1) is 0 Å². The zero-order valence-corrected chi connectivity index (χ0v) is 18.1. The number of urea groups is 1. The van der Waals surface area contributed by atoms with Gasteiger partial charge in [-0.15, -0.1) is 0 Å². The number of likely N-dealkylation sites (N-methyl/N-ethyl adjacent to an activating group) is 1. The van der Waals surface area contributed by atoms with Gasteiger partial charge >= 0.3 is 6.03 Å². The highest BCUT2D eigenvalue weighted by Gasteiger charge is 2.48. The molecule has 2 aliphatic rings. The second kappa shape index (κ2) is 9.51. The van der Waals surface area contributed by atoms with Gasteiger partial charge in [-0.1, -0.05) is 30.3 Å². The molecule has 2 aliphatic heterocycles. The average Bonchev–Trinajstić information content (AvgIpc) is 3.18. The molecule has 2 aromatic rings. The molecule has 0 radical (unpaired) electrons. The van der Waals surface area contributed by atoms with Crippen LogP contribution >= 0.6 is 0 Å². The van der Waals surface area contributed by atoms with Crippen molar-refractivity contribution < 1.29 is 14.3 Å². The fourth-order valence-electron chi connectivity index (χ4n) is 3.82. The lowest BCUT2D eigenvalue weighted by molar-refractivity contribution is -0.127. The third-order valence-electron chi connectivity index (χ3n) is 5.56. The number of ether oxygens (including phenoxy) is 1. The van der Waals surface area contributed by atoms with E-state index in [9.17, 15) is 9.59 Å². The first kappa shape index (κ1) is 21.4. The number of hydrogen-bond donors (Lipinski definition) is 2. The van der Waals surface area contributed by atoms with Crippen molar-refractivity contribution in [1.29, 1.82) is 0 Å². The van der Waals surface area contributed by atoms with Crippen molar-refractivity contribution in [3.63, 3.8) is 0 Å². The summed E-state index contributed by atoms with van der Waals surface area (Å²) in [5.74, 6) is 0.884. The van der Waals surface area contributed by atoms with Gasteiger partial charge in [-0.2, -0.15) is 5.10 Å². The molecule has 2 aromatic carbocycles. The molecule has 1 saturated heterocycles. The predicted molar refractivity (Wildman–Crippen MR) is 122 cm³/mol. The molecule has 4 rings (SSSR count). The van der Waals surface area contributed by atoms with Crippen LogP contribution in [-0.4, -0.2) is 66.8 Å². The predicted octanol–water partition coefficient (Wildman–Crippen LogP) is 1.80. The number of rotatable bonds is 7. The Morgan fingerprint density at radius 3 is 2.62 bits per heavy atom. The van der Waals surface area contributed by atoms with Crippen LogP contribution in [0.25, 0.3) is 0 Å². The van der Waals surface area contributed by atoms with E-state index in [1.54, 1.807) is 20.4 Å². The van der Waals surface area contributed by atoms with E-state index in [0.29, 0.717) is 12.5 Å². The molecule has 0 aromatic heterocycles. The second-order valence-corrected chi connectivity index (χ2v) is 7.64. The Labute approximate surface area is 186 Å². The standard InChI is InChI=1S/C23H26N6O3/c1-28-20-19(21(30)26-23(28)31)29(14-6-9-16-7-4-3-5-8-16)22(25-20)27-24-15-17-10-12-18(32-2)13-11-17/h3-5,7-8,10-13,15,19-20H,6,9,14H2,1-2H3,(H,25,27)(H,26,30,31)/b24-15+. The summed E-state index contributed by atoms with van der Waals surface area (Å²) in [6.45, 7) is 0.593. The number of methoxy groups -OCH3 is 1. The molecular weight excluding hydrogens is 408 g/mol. The molecule has 0 bridgehead atoms. The average molecular weight is 435 g/mol. The molecule has 2 heterocycles. The Bertz CT molecular complexity index is 1020. The minimum absolute atomic E-state index is 0.350. The number of aryl methyl sites for hydroxylation is 1. The minimum atomic E-state index is -0.591. The number of benzene rings is 2. The lowest BCUT2D eigenvalue weighted by Gasteiger charge is -2.36. The van der Waals surface area contributed by atoms with E-state index < -0.39 is 18.2 Å². The fraction of sp³-hybridized carbons (Fsp3) is 0.304. The SMILES string of the molecule is COc1ccc(/C=N/NC2=NC3C(C(=O)NC(=O)N3C)N2CCCc2ccccc2)cc1. The van der Waals surface area contributed by atoms with Gasteiger partial charge in [0.1, 0.15) is 5.75 Å². The summed E-state index contributed by atoms with van der Waals surface area (Å²) in [5.41, 5.74) is 5.08. The Kier molecular flexibility index (Phi) is 6.34. The van der Waals surface area contributed by atoms with Gasteiger partial charge in [-0.05, 0) is 48.2 Å². The summed E-state index contributed by atoms with van der Waals surface area (Å²) in [6.07, 6.45) is 2.77. The molecule has 32 heavy (non-hydrogen) atoms. The summed E-state index contributed by atoms with van der Waals surface area (Å²) in [6, 6.07) is 16.6.